The summed E-state index contributed by atoms with van der Waals surface area (Å²) in [5.74, 6) is -0.396. The Hall–Kier alpha value is -1.05. The van der Waals surface area contributed by atoms with E-state index in [2.05, 4.69) is 5.32 Å². The van der Waals surface area contributed by atoms with Gasteiger partial charge in [-0.3, -0.25) is 4.79 Å². The zero-order valence-corrected chi connectivity index (χ0v) is 7.58. The smallest absolute Gasteiger partial charge is 0.239 e. The molecule has 1 amide bonds. The van der Waals surface area contributed by atoms with Crippen molar-refractivity contribution in [3.63, 3.8) is 0 Å². The first-order valence-electron chi connectivity index (χ1n) is 3.11. The number of alkyl halides is 1. The Morgan fingerprint density at radius 1 is 1.83 bits per heavy atom. The summed E-state index contributed by atoms with van der Waals surface area (Å²) in [6.45, 7) is 0. The largest absolute Gasteiger partial charge is 0.323 e. The van der Waals surface area contributed by atoms with Crippen LogP contribution in [-0.2, 0) is 4.79 Å². The second-order valence-corrected chi connectivity index (χ2v) is 3.14. The number of thiophene rings is 1. The van der Waals surface area contributed by atoms with Gasteiger partial charge in [-0.15, -0.1) is 22.9 Å². The van der Waals surface area contributed by atoms with Gasteiger partial charge >= 0.3 is 0 Å². The third-order valence-electron chi connectivity index (χ3n) is 1.16. The van der Waals surface area contributed by atoms with Crippen molar-refractivity contribution in [1.29, 1.82) is 5.26 Å². The number of anilines is 1. The zero-order valence-electron chi connectivity index (χ0n) is 6.00. The molecule has 0 atom stereocenters. The van der Waals surface area contributed by atoms with E-state index >= 15 is 0 Å². The van der Waals surface area contributed by atoms with Crippen molar-refractivity contribution in [3.8, 4) is 6.07 Å². The Morgan fingerprint density at radius 3 is 3.17 bits per heavy atom. The molecule has 0 saturated heterocycles. The first kappa shape index (κ1) is 9.04. The van der Waals surface area contributed by atoms with E-state index in [0.29, 0.717) is 10.6 Å². The van der Waals surface area contributed by atoms with Crippen LogP contribution < -0.4 is 5.32 Å². The van der Waals surface area contributed by atoms with Crippen molar-refractivity contribution in [3.05, 3.63) is 16.3 Å². The van der Waals surface area contributed by atoms with Gasteiger partial charge < -0.3 is 5.32 Å². The van der Waals surface area contributed by atoms with Gasteiger partial charge in [-0.25, -0.2) is 0 Å². The first-order valence-corrected chi connectivity index (χ1v) is 4.52. The van der Waals surface area contributed by atoms with E-state index in [1.165, 1.54) is 11.3 Å². The molecule has 0 saturated carbocycles. The van der Waals surface area contributed by atoms with Crippen molar-refractivity contribution in [2.24, 2.45) is 0 Å². The molecule has 0 fully saturated rings. The Kier molecular flexibility index (Phi) is 3.09. The summed E-state index contributed by atoms with van der Waals surface area (Å²) >= 11 is 6.56. The fourth-order valence-electron chi connectivity index (χ4n) is 0.678. The van der Waals surface area contributed by atoms with Gasteiger partial charge in [-0.05, 0) is 11.4 Å². The lowest BCUT2D eigenvalue weighted by Gasteiger charge is -1.98. The molecule has 0 aliphatic heterocycles. The van der Waals surface area contributed by atoms with E-state index in [9.17, 15) is 4.79 Å². The lowest BCUT2D eigenvalue weighted by molar-refractivity contribution is -0.113. The molecule has 0 bridgehead atoms. The molecule has 0 aromatic carbocycles. The van der Waals surface area contributed by atoms with E-state index in [-0.39, 0.29) is 11.8 Å². The molecule has 0 aliphatic carbocycles. The van der Waals surface area contributed by atoms with Crippen LogP contribution in [0.25, 0.3) is 0 Å². The monoisotopic (exact) mass is 200 g/mol. The quantitative estimate of drug-likeness (QED) is 0.741. The number of amides is 1. The molecule has 1 heterocycles. The summed E-state index contributed by atoms with van der Waals surface area (Å²) in [7, 11) is 0. The maximum absolute atomic E-state index is 10.8. The number of nitriles is 1. The number of carbonyl (C=O) groups is 1. The maximum atomic E-state index is 10.8. The Morgan fingerprint density at radius 2 is 2.58 bits per heavy atom. The van der Waals surface area contributed by atoms with Crippen LogP contribution >= 0.6 is 22.9 Å². The van der Waals surface area contributed by atoms with Gasteiger partial charge in [0.25, 0.3) is 0 Å². The molecular formula is C7H5ClN2OS. The highest BCUT2D eigenvalue weighted by molar-refractivity contribution is 7.11. The van der Waals surface area contributed by atoms with Crippen LogP contribution in [0.2, 0.25) is 0 Å². The summed E-state index contributed by atoms with van der Waals surface area (Å²) in [6, 6.07) is 3.64. The number of hydrogen-bond donors (Lipinski definition) is 1. The van der Waals surface area contributed by atoms with E-state index in [1.807, 2.05) is 6.07 Å². The fourth-order valence-corrected chi connectivity index (χ4v) is 1.38. The second-order valence-electron chi connectivity index (χ2n) is 1.96. The minimum atomic E-state index is -0.299. The summed E-state index contributed by atoms with van der Waals surface area (Å²) in [5, 5.41) is 12.8. The molecule has 1 aromatic heterocycles. The van der Waals surface area contributed by atoms with E-state index in [1.54, 1.807) is 11.4 Å². The molecular weight excluding hydrogens is 196 g/mol. The summed E-state index contributed by atoms with van der Waals surface area (Å²) in [6.07, 6.45) is 0. The predicted octanol–water partition coefficient (Wildman–Crippen LogP) is 1.80. The average molecular weight is 201 g/mol. The van der Waals surface area contributed by atoms with Crippen LogP contribution in [-0.4, -0.2) is 11.8 Å². The molecule has 0 unspecified atom stereocenters. The Labute approximate surface area is 78.6 Å². The topological polar surface area (TPSA) is 52.9 Å². The number of hydrogen-bond acceptors (Lipinski definition) is 3. The number of nitrogens with zero attached hydrogens (tertiary/aromatic N) is 1. The molecule has 62 valence electrons. The highest BCUT2D eigenvalue weighted by atomic mass is 35.5. The fraction of sp³-hybridized carbons (Fsp3) is 0.143. The normalized spacial score (nSPS) is 9.00. The predicted molar refractivity (Wildman–Crippen MR) is 48.4 cm³/mol. The van der Waals surface area contributed by atoms with E-state index in [0.717, 1.165) is 0 Å². The molecule has 0 aliphatic rings. The van der Waals surface area contributed by atoms with Crippen LogP contribution in [0.5, 0.6) is 0 Å². The van der Waals surface area contributed by atoms with Crippen LogP contribution in [0.1, 0.15) is 4.88 Å². The first-order chi connectivity index (χ1) is 5.77. The molecule has 3 nitrogen and oxygen atoms in total. The van der Waals surface area contributed by atoms with Crippen molar-refractivity contribution < 1.29 is 4.79 Å². The van der Waals surface area contributed by atoms with E-state index in [4.69, 9.17) is 16.9 Å². The SMILES string of the molecule is N#Cc1sccc1NC(=O)CCl. The van der Waals surface area contributed by atoms with Crippen LogP contribution in [0.3, 0.4) is 0 Å². The molecule has 0 spiro atoms. The Balaban J connectivity index is 2.76. The summed E-state index contributed by atoms with van der Waals surface area (Å²) < 4.78 is 0. The van der Waals surface area contributed by atoms with Crippen molar-refractivity contribution in [2.45, 2.75) is 0 Å². The van der Waals surface area contributed by atoms with Crippen molar-refractivity contribution in [1.82, 2.24) is 0 Å². The molecule has 1 N–H and O–H groups in total. The summed E-state index contributed by atoms with van der Waals surface area (Å²) in [5.41, 5.74) is 0.535. The number of rotatable bonds is 2. The Bertz CT molecular complexity index is 328. The van der Waals surface area contributed by atoms with Crippen molar-refractivity contribution >= 4 is 34.5 Å². The second kappa shape index (κ2) is 4.10. The third-order valence-corrected chi connectivity index (χ3v) is 2.22. The lowest BCUT2D eigenvalue weighted by Crippen LogP contribution is -2.12. The lowest BCUT2D eigenvalue weighted by atomic mass is 10.4. The molecule has 1 rings (SSSR count). The molecule has 1 aromatic rings. The maximum Gasteiger partial charge on any atom is 0.239 e. The average Bonchev–Trinajstić information content (AvgIpc) is 2.51. The number of nitrogens with one attached hydrogen (secondary N) is 1. The molecule has 12 heavy (non-hydrogen) atoms. The highest BCUT2D eigenvalue weighted by Crippen LogP contribution is 2.20. The third kappa shape index (κ3) is 1.97. The van der Waals surface area contributed by atoms with Crippen LogP contribution in [0.4, 0.5) is 5.69 Å². The summed E-state index contributed by atoms with van der Waals surface area (Å²) in [4.78, 5) is 11.3. The number of halogens is 1. The van der Waals surface area contributed by atoms with Gasteiger partial charge in [0.05, 0.1) is 5.69 Å². The van der Waals surface area contributed by atoms with E-state index < -0.39 is 0 Å². The number of carbonyl (C=O) groups excluding carboxylic acids is 1. The minimum absolute atomic E-state index is 0.0965. The van der Waals surface area contributed by atoms with Gasteiger partial charge in [0.15, 0.2) is 0 Å². The van der Waals surface area contributed by atoms with Crippen molar-refractivity contribution in [2.75, 3.05) is 11.2 Å². The molecule has 0 radical (unpaired) electrons. The minimum Gasteiger partial charge on any atom is -0.323 e. The van der Waals surface area contributed by atoms with Gasteiger partial charge in [0.1, 0.15) is 16.8 Å². The van der Waals surface area contributed by atoms with Gasteiger partial charge in [0, 0.05) is 0 Å². The van der Waals surface area contributed by atoms with Gasteiger partial charge in [-0.1, -0.05) is 0 Å². The molecule has 5 heteroatoms. The van der Waals surface area contributed by atoms with Crippen LogP contribution in [0, 0.1) is 11.3 Å². The van der Waals surface area contributed by atoms with Gasteiger partial charge in [-0.2, -0.15) is 5.26 Å². The van der Waals surface area contributed by atoms with Gasteiger partial charge in [0.2, 0.25) is 5.91 Å². The highest BCUT2D eigenvalue weighted by Gasteiger charge is 2.05. The standard InChI is InChI=1S/C7H5ClN2OS/c8-3-7(11)10-5-1-2-12-6(5)4-9/h1-2H,3H2,(H,10,11). The van der Waals surface area contributed by atoms with Crippen LogP contribution in [0.15, 0.2) is 11.4 Å². The zero-order chi connectivity index (χ0) is 8.97.